The molecule has 0 fully saturated rings. The Morgan fingerprint density at radius 2 is 1.76 bits per heavy atom. The van der Waals surface area contributed by atoms with Gasteiger partial charge in [-0.1, -0.05) is 41.9 Å². The van der Waals surface area contributed by atoms with Gasteiger partial charge in [-0.05, 0) is 55.0 Å². The molecular weight excluding hydrogens is 442 g/mol. The molecule has 7 heteroatoms. The predicted octanol–water partition coefficient (Wildman–Crippen LogP) is 5.37. The number of esters is 1. The van der Waals surface area contributed by atoms with E-state index in [2.05, 4.69) is 0 Å². The number of anilines is 1. The number of hydrogen-bond acceptors (Lipinski definition) is 5. The van der Waals surface area contributed by atoms with Crippen molar-refractivity contribution in [2.45, 2.75) is 13.0 Å². The van der Waals surface area contributed by atoms with Gasteiger partial charge in [-0.25, -0.2) is 4.79 Å². The molecule has 6 nitrogen and oxygen atoms in total. The van der Waals surface area contributed by atoms with Gasteiger partial charge in [-0.2, -0.15) is 0 Å². The normalized spacial score (nSPS) is 15.0. The van der Waals surface area contributed by atoms with E-state index in [4.69, 9.17) is 20.8 Å². The van der Waals surface area contributed by atoms with Crippen molar-refractivity contribution in [3.8, 4) is 0 Å². The second-order valence-electron chi connectivity index (χ2n) is 7.57. The zero-order valence-electron chi connectivity index (χ0n) is 17.6. The number of hydrogen-bond donors (Lipinski definition) is 0. The minimum atomic E-state index is -0.693. The van der Waals surface area contributed by atoms with Crippen molar-refractivity contribution in [1.82, 2.24) is 0 Å². The maximum Gasteiger partial charge on any atom is 0.338 e. The third kappa shape index (κ3) is 3.49. The van der Waals surface area contributed by atoms with Gasteiger partial charge in [0.1, 0.15) is 5.58 Å². The SMILES string of the molecule is CCOC(=O)c1ccc(N2C(=O)c3oc4ccc(Cl)cc4c(=O)c3C2c2ccccc2)cc1. The largest absolute Gasteiger partial charge is 0.462 e. The van der Waals surface area contributed by atoms with E-state index >= 15 is 0 Å². The topological polar surface area (TPSA) is 76.8 Å². The fourth-order valence-electron chi connectivity index (χ4n) is 4.13. The smallest absolute Gasteiger partial charge is 0.338 e. The van der Waals surface area contributed by atoms with Gasteiger partial charge in [0.2, 0.25) is 5.76 Å². The lowest BCUT2D eigenvalue weighted by molar-refractivity contribution is 0.0526. The number of ether oxygens (including phenoxy) is 1. The maximum absolute atomic E-state index is 13.5. The molecule has 164 valence electrons. The van der Waals surface area contributed by atoms with E-state index in [0.717, 1.165) is 5.56 Å². The third-order valence-corrected chi connectivity index (χ3v) is 5.84. The summed E-state index contributed by atoms with van der Waals surface area (Å²) in [6.45, 7) is 2.00. The Morgan fingerprint density at radius 1 is 1.03 bits per heavy atom. The van der Waals surface area contributed by atoms with Crippen LogP contribution in [0.2, 0.25) is 5.02 Å². The molecule has 2 heterocycles. The molecule has 0 saturated heterocycles. The number of fused-ring (bicyclic) bond motifs is 2. The van der Waals surface area contributed by atoms with E-state index < -0.39 is 17.9 Å². The first-order chi connectivity index (χ1) is 16.0. The molecule has 1 aliphatic rings. The molecule has 1 aliphatic heterocycles. The average Bonchev–Trinajstić information content (AvgIpc) is 3.13. The van der Waals surface area contributed by atoms with Gasteiger partial charge in [-0.15, -0.1) is 0 Å². The van der Waals surface area contributed by atoms with E-state index in [9.17, 15) is 14.4 Å². The van der Waals surface area contributed by atoms with E-state index in [1.807, 2.05) is 30.3 Å². The zero-order chi connectivity index (χ0) is 23.1. The van der Waals surface area contributed by atoms with E-state index in [-0.39, 0.29) is 23.4 Å². The Kier molecular flexibility index (Phi) is 5.23. The first kappa shape index (κ1) is 21.0. The Balaban J connectivity index is 1.70. The van der Waals surface area contributed by atoms with Gasteiger partial charge in [0.05, 0.1) is 29.2 Å². The van der Waals surface area contributed by atoms with Gasteiger partial charge in [0.25, 0.3) is 5.91 Å². The third-order valence-electron chi connectivity index (χ3n) is 5.60. The molecule has 1 unspecified atom stereocenters. The molecule has 0 bridgehead atoms. The lowest BCUT2D eigenvalue weighted by Crippen LogP contribution is -2.29. The number of halogens is 1. The summed E-state index contributed by atoms with van der Waals surface area (Å²) in [6, 6.07) is 19.8. The van der Waals surface area contributed by atoms with Crippen LogP contribution >= 0.6 is 11.6 Å². The van der Waals surface area contributed by atoms with Crippen molar-refractivity contribution >= 4 is 40.1 Å². The summed E-state index contributed by atoms with van der Waals surface area (Å²) in [5.74, 6) is -0.880. The average molecular weight is 460 g/mol. The van der Waals surface area contributed by atoms with Crippen molar-refractivity contribution in [2.24, 2.45) is 0 Å². The van der Waals surface area contributed by atoms with E-state index in [1.54, 1.807) is 49.4 Å². The second kappa shape index (κ2) is 8.22. The molecular formula is C26H18ClNO5. The predicted molar refractivity (Wildman–Crippen MR) is 125 cm³/mol. The summed E-state index contributed by atoms with van der Waals surface area (Å²) in [5.41, 5.74) is 1.90. The van der Waals surface area contributed by atoms with Crippen LogP contribution in [-0.2, 0) is 4.74 Å². The Morgan fingerprint density at radius 3 is 2.45 bits per heavy atom. The molecule has 1 atom stereocenters. The standard InChI is InChI=1S/C26H18ClNO5/c1-2-32-26(31)16-8-11-18(12-9-16)28-22(15-6-4-3-5-7-15)21-23(29)19-14-17(27)10-13-20(19)33-24(21)25(28)30/h3-14,22H,2H2,1H3. The highest BCUT2D eigenvalue weighted by atomic mass is 35.5. The molecule has 0 N–H and O–H groups in total. The van der Waals surface area contributed by atoms with Gasteiger partial charge >= 0.3 is 5.97 Å². The Bertz CT molecular complexity index is 1440. The number of amides is 1. The number of nitrogens with zero attached hydrogens (tertiary/aromatic N) is 1. The van der Waals surface area contributed by atoms with Crippen molar-refractivity contribution in [2.75, 3.05) is 11.5 Å². The highest BCUT2D eigenvalue weighted by Crippen LogP contribution is 2.41. The monoisotopic (exact) mass is 459 g/mol. The first-order valence-electron chi connectivity index (χ1n) is 10.4. The zero-order valence-corrected chi connectivity index (χ0v) is 18.3. The summed E-state index contributed by atoms with van der Waals surface area (Å²) in [4.78, 5) is 40.6. The highest BCUT2D eigenvalue weighted by Gasteiger charge is 2.43. The number of carbonyl (C=O) groups is 2. The quantitative estimate of drug-likeness (QED) is 0.383. The van der Waals surface area contributed by atoms with Crippen molar-refractivity contribution < 1.29 is 18.7 Å². The van der Waals surface area contributed by atoms with Crippen LogP contribution in [0, 0.1) is 0 Å². The molecule has 0 radical (unpaired) electrons. The second-order valence-corrected chi connectivity index (χ2v) is 8.01. The molecule has 33 heavy (non-hydrogen) atoms. The summed E-state index contributed by atoms with van der Waals surface area (Å²) in [7, 11) is 0. The highest BCUT2D eigenvalue weighted by molar-refractivity contribution is 6.31. The fourth-order valence-corrected chi connectivity index (χ4v) is 4.31. The van der Waals surface area contributed by atoms with Crippen molar-refractivity contribution in [3.63, 3.8) is 0 Å². The van der Waals surface area contributed by atoms with Crippen LogP contribution in [0.3, 0.4) is 0 Å². The van der Waals surface area contributed by atoms with Crippen LogP contribution in [0.4, 0.5) is 5.69 Å². The molecule has 0 saturated carbocycles. The maximum atomic E-state index is 13.5. The van der Waals surface area contributed by atoms with Crippen LogP contribution in [-0.4, -0.2) is 18.5 Å². The van der Waals surface area contributed by atoms with Gasteiger partial charge in [0, 0.05) is 10.7 Å². The van der Waals surface area contributed by atoms with Gasteiger partial charge in [0.15, 0.2) is 5.43 Å². The fraction of sp³-hybridized carbons (Fsp3) is 0.115. The van der Waals surface area contributed by atoms with Crippen LogP contribution in [0.5, 0.6) is 0 Å². The summed E-state index contributed by atoms with van der Waals surface area (Å²) < 4.78 is 11.0. The molecule has 1 amide bonds. The number of carbonyl (C=O) groups excluding carboxylic acids is 2. The summed E-state index contributed by atoms with van der Waals surface area (Å²) >= 11 is 6.12. The van der Waals surface area contributed by atoms with Crippen LogP contribution in [0.15, 0.2) is 82.0 Å². The van der Waals surface area contributed by atoms with Crippen molar-refractivity contribution in [3.05, 3.63) is 110 Å². The number of benzene rings is 3. The molecule has 0 spiro atoms. The Labute approximate surface area is 194 Å². The lowest BCUT2D eigenvalue weighted by atomic mass is 9.98. The number of rotatable bonds is 4. The summed E-state index contributed by atoms with van der Waals surface area (Å²) in [6.07, 6.45) is 0. The molecule has 5 rings (SSSR count). The first-order valence-corrected chi connectivity index (χ1v) is 10.8. The van der Waals surface area contributed by atoms with Crippen LogP contribution in [0.25, 0.3) is 11.0 Å². The van der Waals surface area contributed by atoms with Crippen LogP contribution < -0.4 is 10.3 Å². The van der Waals surface area contributed by atoms with Crippen LogP contribution in [0.1, 0.15) is 45.0 Å². The molecule has 3 aromatic carbocycles. The Hall–Kier alpha value is -3.90. The molecule has 0 aliphatic carbocycles. The summed E-state index contributed by atoms with van der Waals surface area (Å²) in [5, 5.41) is 0.719. The minimum absolute atomic E-state index is 0.00172. The molecule has 1 aromatic heterocycles. The molecule has 4 aromatic rings. The van der Waals surface area contributed by atoms with Crippen molar-refractivity contribution in [1.29, 1.82) is 0 Å². The lowest BCUT2D eigenvalue weighted by Gasteiger charge is -2.25. The van der Waals surface area contributed by atoms with Gasteiger partial charge in [-0.3, -0.25) is 14.5 Å². The van der Waals surface area contributed by atoms with Gasteiger partial charge < -0.3 is 9.15 Å². The van der Waals surface area contributed by atoms with E-state index in [0.29, 0.717) is 27.2 Å². The minimum Gasteiger partial charge on any atom is -0.462 e. The van der Waals surface area contributed by atoms with E-state index in [1.165, 1.54) is 4.90 Å².